The molecule has 2 aromatic carbocycles. The zero-order valence-electron chi connectivity index (χ0n) is 18.4. The number of nitrogens with zero attached hydrogens (tertiary/aromatic N) is 2. The van der Waals surface area contributed by atoms with Crippen molar-refractivity contribution in [1.82, 2.24) is 10.3 Å². The molecule has 0 aliphatic carbocycles. The molecule has 0 aromatic heterocycles. The molecule has 1 atom stereocenters. The van der Waals surface area contributed by atoms with E-state index in [-0.39, 0.29) is 11.8 Å². The second kappa shape index (κ2) is 9.87. The van der Waals surface area contributed by atoms with Crippen LogP contribution in [0.1, 0.15) is 41.5 Å². The molecule has 0 fully saturated rings. The van der Waals surface area contributed by atoms with Gasteiger partial charge in [0.1, 0.15) is 30.1 Å². The lowest BCUT2D eigenvalue weighted by Crippen LogP contribution is -2.25. The molecule has 1 heterocycles. The first-order valence-corrected chi connectivity index (χ1v) is 10.9. The molecule has 1 aliphatic heterocycles. The van der Waals surface area contributed by atoms with Crippen LogP contribution in [0.5, 0.6) is 11.5 Å². The molecule has 0 radical (unpaired) electrons. The van der Waals surface area contributed by atoms with Crippen molar-refractivity contribution >= 4 is 28.7 Å². The fourth-order valence-corrected chi connectivity index (χ4v) is 4.38. The molecule has 8 heteroatoms. The van der Waals surface area contributed by atoms with Gasteiger partial charge in [0.15, 0.2) is 5.17 Å². The Morgan fingerprint density at radius 3 is 2.23 bits per heavy atom. The van der Waals surface area contributed by atoms with Crippen LogP contribution in [0.25, 0.3) is 0 Å². The van der Waals surface area contributed by atoms with Crippen LogP contribution in [0, 0.1) is 20.8 Å². The lowest BCUT2D eigenvalue weighted by atomic mass is 10.1. The van der Waals surface area contributed by atoms with Gasteiger partial charge in [0.05, 0.1) is 0 Å². The zero-order valence-corrected chi connectivity index (χ0v) is 19.2. The number of aryl methyl sites for hydroxylation is 3. The van der Waals surface area contributed by atoms with Gasteiger partial charge >= 0.3 is 0 Å². The first-order valence-electron chi connectivity index (χ1n) is 10.0. The molecular weight excluding hydrogens is 414 g/mol. The fourth-order valence-electron chi connectivity index (χ4n) is 3.22. The standard InChI is InChI=1S/C23H27N3O4S/c1-14-6-8-20(16(3)12-14)29-10-11-30-21-9-7-15(2)13-19(21)22-26(18(5)28)25-23(31-22)24-17(4)27/h6-9,12-13,22H,10-11H2,1-5H3,(H,24,25,27). The summed E-state index contributed by atoms with van der Waals surface area (Å²) >= 11 is 1.30. The van der Waals surface area contributed by atoms with E-state index in [1.54, 1.807) is 0 Å². The van der Waals surface area contributed by atoms with Crippen molar-refractivity contribution in [3.8, 4) is 11.5 Å². The molecule has 1 aliphatic rings. The number of thioether (sulfide) groups is 1. The highest BCUT2D eigenvalue weighted by Crippen LogP contribution is 2.42. The number of hydrogen-bond donors (Lipinski definition) is 1. The van der Waals surface area contributed by atoms with Crippen LogP contribution in [0.15, 0.2) is 41.5 Å². The second-order valence-electron chi connectivity index (χ2n) is 7.43. The van der Waals surface area contributed by atoms with Crippen molar-refractivity contribution in [1.29, 1.82) is 0 Å². The van der Waals surface area contributed by atoms with E-state index in [1.165, 1.54) is 36.2 Å². The van der Waals surface area contributed by atoms with Gasteiger partial charge in [-0.25, -0.2) is 5.01 Å². The average molecular weight is 442 g/mol. The van der Waals surface area contributed by atoms with Crippen LogP contribution in [-0.4, -0.2) is 35.2 Å². The monoisotopic (exact) mass is 441 g/mol. The third-order valence-corrected chi connectivity index (χ3v) is 5.69. The second-order valence-corrected chi connectivity index (χ2v) is 8.50. The Morgan fingerprint density at radius 1 is 1.00 bits per heavy atom. The van der Waals surface area contributed by atoms with Crippen molar-refractivity contribution in [2.75, 3.05) is 13.2 Å². The number of hydrazone groups is 1. The predicted molar refractivity (Wildman–Crippen MR) is 122 cm³/mol. The Labute approximate surface area is 186 Å². The molecule has 2 amide bonds. The summed E-state index contributed by atoms with van der Waals surface area (Å²) in [6, 6.07) is 11.9. The van der Waals surface area contributed by atoms with Crippen molar-refractivity contribution in [3.63, 3.8) is 0 Å². The van der Waals surface area contributed by atoms with Gasteiger partial charge in [-0.2, -0.15) is 0 Å². The quantitative estimate of drug-likeness (QED) is 0.684. The lowest BCUT2D eigenvalue weighted by Gasteiger charge is -2.22. The van der Waals surface area contributed by atoms with Crippen LogP contribution in [0.4, 0.5) is 0 Å². The molecule has 0 saturated carbocycles. The van der Waals surface area contributed by atoms with Gasteiger partial charge in [-0.3, -0.25) is 9.59 Å². The molecule has 0 saturated heterocycles. The largest absolute Gasteiger partial charge is 0.490 e. The lowest BCUT2D eigenvalue weighted by molar-refractivity contribution is -0.129. The highest BCUT2D eigenvalue weighted by Gasteiger charge is 2.34. The van der Waals surface area contributed by atoms with Gasteiger partial charge < -0.3 is 14.8 Å². The maximum Gasteiger partial charge on any atom is 0.241 e. The SMILES string of the molecule is CC(=O)NC1=NN(C(C)=O)C(c2cc(C)ccc2OCCOc2ccc(C)cc2C)S1. The van der Waals surface area contributed by atoms with Crippen molar-refractivity contribution in [2.24, 2.45) is 5.10 Å². The van der Waals surface area contributed by atoms with Gasteiger partial charge in [0.2, 0.25) is 11.8 Å². The maximum absolute atomic E-state index is 12.2. The number of carbonyl (C=O) groups excluding carboxylic acids is 2. The van der Waals surface area contributed by atoms with E-state index in [1.807, 2.05) is 51.1 Å². The number of benzene rings is 2. The number of nitrogens with one attached hydrogen (secondary N) is 1. The van der Waals surface area contributed by atoms with Crippen LogP contribution >= 0.6 is 11.8 Å². The molecule has 31 heavy (non-hydrogen) atoms. The first kappa shape index (κ1) is 22.7. The molecule has 0 bridgehead atoms. The van der Waals surface area contributed by atoms with E-state index in [0.717, 1.165) is 22.4 Å². The molecular formula is C23H27N3O4S. The van der Waals surface area contributed by atoms with E-state index in [2.05, 4.69) is 16.5 Å². The molecule has 0 spiro atoms. The Bertz CT molecular complexity index is 1020. The third-order valence-electron chi connectivity index (χ3n) is 4.61. The molecule has 1 unspecified atom stereocenters. The number of ether oxygens (including phenoxy) is 2. The average Bonchev–Trinajstić information content (AvgIpc) is 3.10. The minimum Gasteiger partial charge on any atom is -0.490 e. The molecule has 2 aromatic rings. The number of carbonyl (C=O) groups is 2. The van der Waals surface area contributed by atoms with Crippen LogP contribution in [-0.2, 0) is 9.59 Å². The molecule has 1 N–H and O–H groups in total. The van der Waals surface area contributed by atoms with Gasteiger partial charge in [-0.1, -0.05) is 41.1 Å². The third kappa shape index (κ3) is 5.79. The Kier molecular flexibility index (Phi) is 7.22. The minimum atomic E-state index is -0.422. The Hall–Kier alpha value is -3.00. The summed E-state index contributed by atoms with van der Waals surface area (Å²) in [5.74, 6) is 1.03. The summed E-state index contributed by atoms with van der Waals surface area (Å²) in [5.41, 5.74) is 4.12. The van der Waals surface area contributed by atoms with Crippen LogP contribution in [0.3, 0.4) is 0 Å². The summed E-state index contributed by atoms with van der Waals surface area (Å²) < 4.78 is 11.9. The van der Waals surface area contributed by atoms with E-state index < -0.39 is 5.37 Å². The van der Waals surface area contributed by atoms with Crippen molar-refractivity contribution in [2.45, 2.75) is 40.0 Å². The van der Waals surface area contributed by atoms with Gasteiger partial charge in [-0.05, 0) is 44.5 Å². The minimum absolute atomic E-state index is 0.219. The van der Waals surface area contributed by atoms with E-state index in [0.29, 0.717) is 24.1 Å². The summed E-state index contributed by atoms with van der Waals surface area (Å²) in [5, 5.41) is 8.25. The first-order chi connectivity index (χ1) is 14.7. The van der Waals surface area contributed by atoms with E-state index >= 15 is 0 Å². The number of hydrogen-bond acceptors (Lipinski definition) is 6. The summed E-state index contributed by atoms with van der Waals surface area (Å²) in [7, 11) is 0. The Morgan fingerprint density at radius 2 is 1.61 bits per heavy atom. The van der Waals surface area contributed by atoms with Gasteiger partial charge in [-0.15, -0.1) is 5.10 Å². The van der Waals surface area contributed by atoms with Crippen LogP contribution in [0.2, 0.25) is 0 Å². The topological polar surface area (TPSA) is 80.2 Å². The number of rotatable bonds is 6. The Balaban J connectivity index is 1.71. The highest BCUT2D eigenvalue weighted by molar-refractivity contribution is 8.14. The van der Waals surface area contributed by atoms with Gasteiger partial charge in [0, 0.05) is 19.4 Å². The van der Waals surface area contributed by atoms with Crippen molar-refractivity contribution in [3.05, 3.63) is 58.7 Å². The zero-order chi connectivity index (χ0) is 22.5. The van der Waals surface area contributed by atoms with E-state index in [9.17, 15) is 9.59 Å². The van der Waals surface area contributed by atoms with Crippen LogP contribution < -0.4 is 14.8 Å². The smallest absolute Gasteiger partial charge is 0.241 e. The number of amides is 2. The summed E-state index contributed by atoms with van der Waals surface area (Å²) in [6.45, 7) is 9.63. The molecule has 3 rings (SSSR count). The van der Waals surface area contributed by atoms with E-state index in [4.69, 9.17) is 9.47 Å². The molecule has 164 valence electrons. The predicted octanol–water partition coefficient (Wildman–Crippen LogP) is 4.07. The van der Waals surface area contributed by atoms with Gasteiger partial charge in [0.25, 0.3) is 0 Å². The normalized spacial score (nSPS) is 15.5. The fraction of sp³-hybridized carbons (Fsp3) is 0.348. The summed E-state index contributed by atoms with van der Waals surface area (Å²) in [6.07, 6.45) is 0. The summed E-state index contributed by atoms with van der Waals surface area (Å²) in [4.78, 5) is 23.6. The van der Waals surface area contributed by atoms with Crippen molar-refractivity contribution < 1.29 is 19.1 Å². The molecule has 7 nitrogen and oxygen atoms in total. The highest BCUT2D eigenvalue weighted by atomic mass is 32.2. The number of amidine groups is 1. The maximum atomic E-state index is 12.2.